The molecule has 1 amide bonds. The predicted molar refractivity (Wildman–Crippen MR) is 45.4 cm³/mol. The molecule has 0 radical (unpaired) electrons. The highest BCUT2D eigenvalue weighted by molar-refractivity contribution is 7.80. The van der Waals surface area contributed by atoms with Gasteiger partial charge in [0.25, 0.3) is 0 Å². The van der Waals surface area contributed by atoms with Crippen LogP contribution in [-0.2, 0) is 4.79 Å². The fraction of sp³-hybridized carbons (Fsp3) is 0.667. The first-order valence-corrected chi connectivity index (χ1v) is 3.70. The molecule has 0 saturated carbocycles. The average Bonchev–Trinajstić information content (AvgIpc) is 1.85. The SMILES string of the molecule is CC(C)=NNC(=O)CCS. The Morgan fingerprint density at radius 1 is 1.60 bits per heavy atom. The molecule has 0 bridgehead atoms. The van der Waals surface area contributed by atoms with Crippen LogP contribution in [0.2, 0.25) is 0 Å². The topological polar surface area (TPSA) is 41.5 Å². The molecule has 0 aromatic carbocycles. The van der Waals surface area contributed by atoms with Gasteiger partial charge in [0.05, 0.1) is 0 Å². The maximum absolute atomic E-state index is 10.7. The number of hydrazone groups is 1. The maximum atomic E-state index is 10.7. The molecule has 4 heteroatoms. The van der Waals surface area contributed by atoms with Gasteiger partial charge in [-0.1, -0.05) is 0 Å². The van der Waals surface area contributed by atoms with Crippen molar-refractivity contribution in [2.45, 2.75) is 20.3 Å². The van der Waals surface area contributed by atoms with E-state index in [-0.39, 0.29) is 5.91 Å². The zero-order valence-electron chi connectivity index (χ0n) is 6.22. The highest BCUT2D eigenvalue weighted by atomic mass is 32.1. The summed E-state index contributed by atoms with van der Waals surface area (Å²) in [6, 6.07) is 0. The van der Waals surface area contributed by atoms with E-state index in [4.69, 9.17) is 0 Å². The Labute approximate surface area is 66.3 Å². The minimum Gasteiger partial charge on any atom is -0.273 e. The second kappa shape index (κ2) is 5.29. The molecule has 0 aromatic rings. The number of rotatable bonds is 3. The molecule has 3 nitrogen and oxygen atoms in total. The molecular formula is C6H12N2OS. The predicted octanol–water partition coefficient (Wildman–Crippen LogP) is 0.818. The van der Waals surface area contributed by atoms with Crippen molar-refractivity contribution in [1.29, 1.82) is 0 Å². The zero-order chi connectivity index (χ0) is 7.98. The maximum Gasteiger partial charge on any atom is 0.240 e. The van der Waals surface area contributed by atoms with Crippen molar-refractivity contribution in [1.82, 2.24) is 5.43 Å². The van der Waals surface area contributed by atoms with Gasteiger partial charge in [0.2, 0.25) is 5.91 Å². The summed E-state index contributed by atoms with van der Waals surface area (Å²) in [5, 5.41) is 3.73. The van der Waals surface area contributed by atoms with Crippen molar-refractivity contribution in [2.24, 2.45) is 5.10 Å². The quantitative estimate of drug-likeness (QED) is 0.358. The highest BCUT2D eigenvalue weighted by Gasteiger charge is 1.94. The number of nitrogens with one attached hydrogen (secondary N) is 1. The summed E-state index contributed by atoms with van der Waals surface area (Å²) in [5.41, 5.74) is 3.22. The van der Waals surface area contributed by atoms with Crippen molar-refractivity contribution >= 4 is 24.2 Å². The molecule has 10 heavy (non-hydrogen) atoms. The van der Waals surface area contributed by atoms with Gasteiger partial charge >= 0.3 is 0 Å². The fourth-order valence-electron chi connectivity index (χ4n) is 0.332. The lowest BCUT2D eigenvalue weighted by Crippen LogP contribution is -2.18. The van der Waals surface area contributed by atoms with E-state index in [0.29, 0.717) is 12.2 Å². The van der Waals surface area contributed by atoms with Gasteiger partial charge < -0.3 is 0 Å². The summed E-state index contributed by atoms with van der Waals surface area (Å²) in [5.74, 6) is 0.473. The molecule has 0 spiro atoms. The van der Waals surface area contributed by atoms with Crippen LogP contribution in [0.1, 0.15) is 20.3 Å². The third kappa shape index (κ3) is 5.62. The van der Waals surface area contributed by atoms with Crippen molar-refractivity contribution in [2.75, 3.05) is 5.75 Å². The van der Waals surface area contributed by atoms with Crippen molar-refractivity contribution in [3.8, 4) is 0 Å². The molecule has 0 unspecified atom stereocenters. The molecule has 58 valence electrons. The van der Waals surface area contributed by atoms with Crippen LogP contribution in [-0.4, -0.2) is 17.4 Å². The van der Waals surface area contributed by atoms with E-state index in [9.17, 15) is 4.79 Å². The third-order valence-electron chi connectivity index (χ3n) is 0.743. The normalized spacial score (nSPS) is 8.70. The Morgan fingerprint density at radius 3 is 2.60 bits per heavy atom. The number of thiol groups is 1. The number of nitrogens with zero attached hydrogens (tertiary/aromatic N) is 1. The Hall–Kier alpha value is -0.510. The van der Waals surface area contributed by atoms with Crippen LogP contribution in [0.3, 0.4) is 0 Å². The second-order valence-electron chi connectivity index (χ2n) is 2.07. The molecule has 0 aliphatic carbocycles. The van der Waals surface area contributed by atoms with Crippen LogP contribution in [0.15, 0.2) is 5.10 Å². The first-order chi connectivity index (χ1) is 4.66. The van der Waals surface area contributed by atoms with E-state index in [2.05, 4.69) is 23.2 Å². The number of carbonyl (C=O) groups excluding carboxylic acids is 1. The van der Waals surface area contributed by atoms with Gasteiger partial charge in [-0.15, -0.1) is 0 Å². The second-order valence-corrected chi connectivity index (χ2v) is 2.51. The highest BCUT2D eigenvalue weighted by Crippen LogP contribution is 1.82. The van der Waals surface area contributed by atoms with Gasteiger partial charge in [-0.2, -0.15) is 17.7 Å². The monoisotopic (exact) mass is 160 g/mol. The van der Waals surface area contributed by atoms with Crippen molar-refractivity contribution < 1.29 is 4.79 Å². The largest absolute Gasteiger partial charge is 0.273 e. The molecule has 0 aliphatic heterocycles. The van der Waals surface area contributed by atoms with Gasteiger partial charge in [0, 0.05) is 12.1 Å². The first-order valence-electron chi connectivity index (χ1n) is 3.07. The van der Waals surface area contributed by atoms with Gasteiger partial charge in [-0.3, -0.25) is 4.79 Å². The fourth-order valence-corrected chi connectivity index (χ4v) is 0.535. The molecule has 0 heterocycles. The van der Waals surface area contributed by atoms with E-state index in [1.165, 1.54) is 0 Å². The standard InChI is InChI=1S/C6H12N2OS/c1-5(2)7-8-6(9)3-4-10/h10H,3-4H2,1-2H3,(H,8,9). The van der Waals surface area contributed by atoms with Crippen LogP contribution in [0.4, 0.5) is 0 Å². The van der Waals surface area contributed by atoms with Gasteiger partial charge in [0.1, 0.15) is 0 Å². The summed E-state index contributed by atoms with van der Waals surface area (Å²) in [7, 11) is 0. The lowest BCUT2D eigenvalue weighted by Gasteiger charge is -1.95. The molecule has 1 N–H and O–H groups in total. The number of hydrogen-bond acceptors (Lipinski definition) is 3. The van der Waals surface area contributed by atoms with E-state index >= 15 is 0 Å². The molecule has 0 fully saturated rings. The summed E-state index contributed by atoms with van der Waals surface area (Å²) in [6.45, 7) is 3.64. The Bertz CT molecular complexity index is 141. The first kappa shape index (κ1) is 9.49. The van der Waals surface area contributed by atoms with Crippen LogP contribution in [0, 0.1) is 0 Å². The summed E-state index contributed by atoms with van der Waals surface area (Å²) >= 11 is 3.90. The van der Waals surface area contributed by atoms with E-state index in [1.807, 2.05) is 13.8 Å². The van der Waals surface area contributed by atoms with E-state index in [1.54, 1.807) is 0 Å². The van der Waals surface area contributed by atoms with Crippen molar-refractivity contribution in [3.05, 3.63) is 0 Å². The van der Waals surface area contributed by atoms with Crippen molar-refractivity contribution in [3.63, 3.8) is 0 Å². The number of carbonyl (C=O) groups is 1. The van der Waals surface area contributed by atoms with Gasteiger partial charge in [-0.05, 0) is 19.6 Å². The lowest BCUT2D eigenvalue weighted by atomic mass is 10.5. The molecule has 0 rings (SSSR count). The summed E-state index contributed by atoms with van der Waals surface area (Å²) < 4.78 is 0. The average molecular weight is 160 g/mol. The zero-order valence-corrected chi connectivity index (χ0v) is 7.11. The number of amides is 1. The van der Waals surface area contributed by atoms with E-state index in [0.717, 1.165) is 5.71 Å². The van der Waals surface area contributed by atoms with Crippen LogP contribution in [0.25, 0.3) is 0 Å². The Morgan fingerprint density at radius 2 is 2.20 bits per heavy atom. The molecule has 0 atom stereocenters. The van der Waals surface area contributed by atoms with Gasteiger partial charge in [-0.25, -0.2) is 5.43 Å². The smallest absolute Gasteiger partial charge is 0.240 e. The third-order valence-corrected chi connectivity index (χ3v) is 0.967. The Balaban J connectivity index is 3.49. The Kier molecular flexibility index (Phi) is 5.02. The molecule has 0 saturated heterocycles. The number of hydrogen-bond donors (Lipinski definition) is 2. The molecule has 0 aromatic heterocycles. The lowest BCUT2D eigenvalue weighted by molar-refractivity contribution is -0.120. The molecular weight excluding hydrogens is 148 g/mol. The van der Waals surface area contributed by atoms with Gasteiger partial charge in [0.15, 0.2) is 0 Å². The summed E-state index contributed by atoms with van der Waals surface area (Å²) in [6.07, 6.45) is 0.417. The minimum absolute atomic E-state index is 0.0869. The summed E-state index contributed by atoms with van der Waals surface area (Å²) in [4.78, 5) is 10.7. The minimum atomic E-state index is -0.0869. The molecule has 0 aliphatic rings. The van der Waals surface area contributed by atoms with Crippen LogP contribution >= 0.6 is 12.6 Å². The van der Waals surface area contributed by atoms with E-state index < -0.39 is 0 Å². The van der Waals surface area contributed by atoms with Crippen LogP contribution < -0.4 is 5.43 Å². The van der Waals surface area contributed by atoms with Crippen LogP contribution in [0.5, 0.6) is 0 Å².